The van der Waals surface area contributed by atoms with Crippen molar-refractivity contribution in [3.05, 3.63) is 17.7 Å². The van der Waals surface area contributed by atoms with E-state index in [4.69, 9.17) is 4.74 Å². The summed E-state index contributed by atoms with van der Waals surface area (Å²) in [5.41, 5.74) is 0. The predicted molar refractivity (Wildman–Crippen MR) is 85.1 cm³/mol. The van der Waals surface area contributed by atoms with Crippen molar-refractivity contribution in [2.24, 2.45) is 0 Å². The van der Waals surface area contributed by atoms with Crippen molar-refractivity contribution in [3.63, 3.8) is 0 Å². The number of likely N-dealkylation sites (N-methyl/N-ethyl adjacent to an activating group) is 1. The summed E-state index contributed by atoms with van der Waals surface area (Å²) in [6.07, 6.45) is 2.46. The first-order valence-electron chi connectivity index (χ1n) is 7.43. The molecule has 3 heterocycles. The number of urea groups is 1. The lowest BCUT2D eigenvalue weighted by Gasteiger charge is -2.39. The first kappa shape index (κ1) is 15.4. The molecule has 2 fully saturated rings. The Bertz CT molecular complexity index is 563. The molecule has 1 aromatic rings. The quantitative estimate of drug-likeness (QED) is 0.779. The maximum atomic E-state index is 12.5. The fourth-order valence-corrected chi connectivity index (χ4v) is 3.78. The molecule has 0 aliphatic carbocycles. The van der Waals surface area contributed by atoms with Gasteiger partial charge in [0.2, 0.25) is 5.13 Å². The van der Waals surface area contributed by atoms with E-state index in [1.165, 1.54) is 11.3 Å². The Kier molecular flexibility index (Phi) is 4.42. The number of hydrogen-bond donors (Lipinski definition) is 0. The average molecular weight is 323 g/mol. The fourth-order valence-electron chi connectivity index (χ4n) is 2.91. The second kappa shape index (κ2) is 6.31. The number of ether oxygens (including phenoxy) is 1. The molecule has 2 aliphatic heterocycles. The zero-order valence-corrected chi connectivity index (χ0v) is 13.8. The van der Waals surface area contributed by atoms with E-state index in [1.54, 1.807) is 15.9 Å². The highest BCUT2D eigenvalue weighted by atomic mass is 32.1. The number of aromatic nitrogens is 2. The minimum absolute atomic E-state index is 0.0130. The average Bonchev–Trinajstić information content (AvgIpc) is 3.06. The SMILES string of the molecule is C=CCc1nnc(N2C(=O)N(C)CC2N2CCOCC2C)s1. The van der Waals surface area contributed by atoms with E-state index in [0.29, 0.717) is 31.3 Å². The lowest BCUT2D eigenvalue weighted by atomic mass is 10.2. The molecule has 120 valence electrons. The van der Waals surface area contributed by atoms with Crippen LogP contribution in [0.2, 0.25) is 0 Å². The third kappa shape index (κ3) is 2.73. The third-order valence-electron chi connectivity index (χ3n) is 4.05. The van der Waals surface area contributed by atoms with Crippen molar-refractivity contribution in [1.29, 1.82) is 0 Å². The van der Waals surface area contributed by atoms with Crippen LogP contribution in [-0.2, 0) is 11.2 Å². The van der Waals surface area contributed by atoms with Crippen LogP contribution in [0.4, 0.5) is 9.93 Å². The Morgan fingerprint density at radius 3 is 3.05 bits per heavy atom. The molecule has 8 heteroatoms. The monoisotopic (exact) mass is 323 g/mol. The summed E-state index contributed by atoms with van der Waals surface area (Å²) in [5.74, 6) is 0. The molecule has 2 amide bonds. The van der Waals surface area contributed by atoms with Crippen molar-refractivity contribution < 1.29 is 9.53 Å². The van der Waals surface area contributed by atoms with Crippen LogP contribution in [0.15, 0.2) is 12.7 Å². The Morgan fingerprint density at radius 2 is 2.32 bits per heavy atom. The largest absolute Gasteiger partial charge is 0.379 e. The van der Waals surface area contributed by atoms with Gasteiger partial charge in [-0.15, -0.1) is 16.8 Å². The van der Waals surface area contributed by atoms with E-state index in [0.717, 1.165) is 11.6 Å². The van der Waals surface area contributed by atoms with Gasteiger partial charge in [0.05, 0.1) is 19.8 Å². The highest BCUT2D eigenvalue weighted by Gasteiger charge is 2.43. The number of carbonyl (C=O) groups is 1. The fraction of sp³-hybridized carbons (Fsp3) is 0.643. The van der Waals surface area contributed by atoms with Gasteiger partial charge in [-0.25, -0.2) is 9.69 Å². The van der Waals surface area contributed by atoms with Gasteiger partial charge >= 0.3 is 6.03 Å². The molecule has 1 aromatic heterocycles. The maximum Gasteiger partial charge on any atom is 0.327 e. The molecule has 0 aromatic carbocycles. The minimum Gasteiger partial charge on any atom is -0.379 e. The van der Waals surface area contributed by atoms with Crippen molar-refractivity contribution in [2.75, 3.05) is 38.3 Å². The lowest BCUT2D eigenvalue weighted by Crippen LogP contribution is -2.55. The number of anilines is 1. The smallest absolute Gasteiger partial charge is 0.327 e. The van der Waals surface area contributed by atoms with Gasteiger partial charge in [-0.2, -0.15) is 0 Å². The summed E-state index contributed by atoms with van der Waals surface area (Å²) in [7, 11) is 1.83. The van der Waals surface area contributed by atoms with Crippen LogP contribution in [0, 0.1) is 0 Å². The number of hydrogen-bond acceptors (Lipinski definition) is 6. The van der Waals surface area contributed by atoms with E-state index in [-0.39, 0.29) is 18.2 Å². The topological polar surface area (TPSA) is 61.8 Å². The molecule has 0 spiro atoms. The van der Waals surface area contributed by atoms with Crippen LogP contribution in [-0.4, -0.2) is 71.6 Å². The molecule has 2 unspecified atom stereocenters. The Morgan fingerprint density at radius 1 is 1.50 bits per heavy atom. The van der Waals surface area contributed by atoms with E-state index in [9.17, 15) is 4.79 Å². The van der Waals surface area contributed by atoms with Gasteiger partial charge in [0.15, 0.2) is 0 Å². The van der Waals surface area contributed by atoms with Gasteiger partial charge < -0.3 is 9.64 Å². The van der Waals surface area contributed by atoms with Crippen molar-refractivity contribution >= 4 is 22.5 Å². The molecule has 2 aliphatic rings. The summed E-state index contributed by atoms with van der Waals surface area (Å²) in [6.45, 7) is 8.73. The van der Waals surface area contributed by atoms with Crippen LogP contribution in [0.5, 0.6) is 0 Å². The zero-order valence-electron chi connectivity index (χ0n) is 12.9. The summed E-state index contributed by atoms with van der Waals surface area (Å²) in [6, 6.07) is 0.256. The van der Waals surface area contributed by atoms with Gasteiger partial charge in [0, 0.05) is 26.1 Å². The van der Waals surface area contributed by atoms with Crippen molar-refractivity contribution in [3.8, 4) is 0 Å². The minimum atomic E-state index is -0.0232. The number of amides is 2. The molecular weight excluding hydrogens is 302 g/mol. The summed E-state index contributed by atoms with van der Waals surface area (Å²) in [4.78, 5) is 18.4. The summed E-state index contributed by atoms with van der Waals surface area (Å²) in [5, 5.41) is 9.90. The molecule has 0 radical (unpaired) electrons. The van der Waals surface area contributed by atoms with Crippen LogP contribution in [0.25, 0.3) is 0 Å². The predicted octanol–water partition coefficient (Wildman–Crippen LogP) is 1.19. The van der Waals surface area contributed by atoms with Gasteiger partial charge in [-0.3, -0.25) is 4.90 Å². The number of allylic oxidation sites excluding steroid dienone is 1. The van der Waals surface area contributed by atoms with Crippen LogP contribution in [0.3, 0.4) is 0 Å². The van der Waals surface area contributed by atoms with E-state index < -0.39 is 0 Å². The van der Waals surface area contributed by atoms with Gasteiger partial charge in [-0.1, -0.05) is 17.4 Å². The lowest BCUT2D eigenvalue weighted by molar-refractivity contribution is -0.0190. The van der Waals surface area contributed by atoms with Crippen LogP contribution >= 0.6 is 11.3 Å². The molecule has 3 rings (SSSR count). The zero-order chi connectivity index (χ0) is 15.7. The standard InChI is InChI=1S/C14H21N5O2S/c1-4-5-11-15-16-13(22-11)19-12(8-17(3)14(19)20)18-6-7-21-9-10(18)2/h4,10,12H,1,5-9H2,2-3H3. The van der Waals surface area contributed by atoms with Crippen LogP contribution in [0.1, 0.15) is 11.9 Å². The first-order valence-corrected chi connectivity index (χ1v) is 8.24. The molecule has 7 nitrogen and oxygen atoms in total. The Labute approximate surface area is 134 Å². The molecule has 2 saturated heterocycles. The number of morpholine rings is 1. The summed E-state index contributed by atoms with van der Waals surface area (Å²) < 4.78 is 5.51. The second-order valence-electron chi connectivity index (χ2n) is 5.65. The Hall–Kier alpha value is -1.51. The van der Waals surface area contributed by atoms with Crippen molar-refractivity contribution in [2.45, 2.75) is 25.6 Å². The number of carbonyl (C=O) groups excluding carboxylic acids is 1. The van der Waals surface area contributed by atoms with Gasteiger partial charge in [0.25, 0.3) is 0 Å². The van der Waals surface area contributed by atoms with Crippen LogP contribution < -0.4 is 4.90 Å². The Balaban J connectivity index is 1.87. The summed E-state index contributed by atoms with van der Waals surface area (Å²) >= 11 is 1.46. The van der Waals surface area contributed by atoms with Gasteiger partial charge in [0.1, 0.15) is 11.2 Å². The highest BCUT2D eigenvalue weighted by molar-refractivity contribution is 7.15. The first-order chi connectivity index (χ1) is 10.6. The molecular formula is C14H21N5O2S. The van der Waals surface area contributed by atoms with Crippen molar-refractivity contribution in [1.82, 2.24) is 20.0 Å². The highest BCUT2D eigenvalue weighted by Crippen LogP contribution is 2.30. The third-order valence-corrected chi connectivity index (χ3v) is 5.00. The molecule has 0 bridgehead atoms. The van der Waals surface area contributed by atoms with Gasteiger partial charge in [-0.05, 0) is 6.92 Å². The molecule has 0 N–H and O–H groups in total. The molecule has 22 heavy (non-hydrogen) atoms. The van der Waals surface area contributed by atoms with E-state index in [2.05, 4.69) is 28.6 Å². The van der Waals surface area contributed by atoms with E-state index >= 15 is 0 Å². The van der Waals surface area contributed by atoms with E-state index in [1.807, 2.05) is 7.05 Å². The second-order valence-corrected chi connectivity index (χ2v) is 6.69. The molecule has 2 atom stereocenters. The normalized spacial score (nSPS) is 26.7. The number of nitrogens with zero attached hydrogens (tertiary/aromatic N) is 5. The number of rotatable bonds is 4. The maximum absolute atomic E-state index is 12.5. The molecule has 0 saturated carbocycles.